The third-order valence-corrected chi connectivity index (χ3v) is 4.62. The Bertz CT molecular complexity index is 910. The minimum absolute atomic E-state index is 0.250. The van der Waals surface area contributed by atoms with Gasteiger partial charge >= 0.3 is 0 Å². The van der Waals surface area contributed by atoms with Crippen LogP contribution in [0.25, 0.3) is 0 Å². The van der Waals surface area contributed by atoms with Crippen LogP contribution in [-0.4, -0.2) is 18.4 Å². The molecule has 0 saturated carbocycles. The van der Waals surface area contributed by atoms with Crippen LogP contribution in [0.2, 0.25) is 0 Å². The number of halogens is 1. The molecule has 2 aromatic carbocycles. The van der Waals surface area contributed by atoms with Crippen LogP contribution < -0.4 is 10.6 Å². The standard InChI is InChI=1S/C20H17FN2O2S/c21-15-6-3-5-14(13-15)10-11-22-19(24)16-7-1-2-8-17(16)23-20(25)18-9-4-12-26-18/h1-9,12-13H,10-11H2,(H,22,24)(H,23,25). The summed E-state index contributed by atoms with van der Waals surface area (Å²) in [5.41, 5.74) is 1.65. The SMILES string of the molecule is O=C(Nc1ccccc1C(=O)NCCc1cccc(F)c1)c1cccs1. The van der Waals surface area contributed by atoms with Crippen molar-refractivity contribution in [2.45, 2.75) is 6.42 Å². The highest BCUT2D eigenvalue weighted by Gasteiger charge is 2.14. The summed E-state index contributed by atoms with van der Waals surface area (Å²) in [7, 11) is 0. The van der Waals surface area contributed by atoms with E-state index < -0.39 is 0 Å². The molecule has 2 amide bonds. The van der Waals surface area contributed by atoms with Crippen LogP contribution in [0.5, 0.6) is 0 Å². The molecule has 3 aromatic rings. The van der Waals surface area contributed by atoms with Crippen molar-refractivity contribution >= 4 is 28.8 Å². The van der Waals surface area contributed by atoms with E-state index in [9.17, 15) is 14.0 Å². The van der Waals surface area contributed by atoms with Crippen LogP contribution in [0.4, 0.5) is 10.1 Å². The first-order valence-corrected chi connectivity index (χ1v) is 8.98. The number of nitrogens with one attached hydrogen (secondary N) is 2. The van der Waals surface area contributed by atoms with Crippen LogP contribution >= 0.6 is 11.3 Å². The molecule has 0 spiro atoms. The molecule has 0 aliphatic rings. The minimum atomic E-state index is -0.296. The highest BCUT2D eigenvalue weighted by molar-refractivity contribution is 7.12. The van der Waals surface area contributed by atoms with Gasteiger partial charge in [-0.05, 0) is 47.7 Å². The number of rotatable bonds is 6. The molecule has 6 heteroatoms. The summed E-state index contributed by atoms with van der Waals surface area (Å²) in [4.78, 5) is 25.2. The molecule has 0 aliphatic carbocycles. The number of para-hydroxylation sites is 1. The maximum absolute atomic E-state index is 13.2. The second-order valence-electron chi connectivity index (χ2n) is 5.61. The smallest absolute Gasteiger partial charge is 0.265 e. The third-order valence-electron chi connectivity index (χ3n) is 3.75. The number of anilines is 1. The zero-order valence-corrected chi connectivity index (χ0v) is 14.7. The van der Waals surface area contributed by atoms with Gasteiger partial charge in [0.15, 0.2) is 0 Å². The summed E-state index contributed by atoms with van der Waals surface area (Å²) >= 11 is 1.33. The molecule has 2 N–H and O–H groups in total. The zero-order chi connectivity index (χ0) is 18.4. The van der Waals surface area contributed by atoms with Gasteiger partial charge < -0.3 is 10.6 Å². The molecule has 4 nitrogen and oxygen atoms in total. The maximum Gasteiger partial charge on any atom is 0.265 e. The van der Waals surface area contributed by atoms with Crippen molar-refractivity contribution in [2.75, 3.05) is 11.9 Å². The van der Waals surface area contributed by atoms with E-state index in [4.69, 9.17) is 0 Å². The van der Waals surface area contributed by atoms with Crippen molar-refractivity contribution in [3.63, 3.8) is 0 Å². The molecule has 0 unspecified atom stereocenters. The first-order valence-electron chi connectivity index (χ1n) is 8.10. The Morgan fingerprint density at radius 3 is 2.58 bits per heavy atom. The molecule has 3 rings (SSSR count). The lowest BCUT2D eigenvalue weighted by atomic mass is 10.1. The van der Waals surface area contributed by atoms with Crippen molar-refractivity contribution in [2.24, 2.45) is 0 Å². The Morgan fingerprint density at radius 1 is 0.962 bits per heavy atom. The molecule has 132 valence electrons. The lowest BCUT2D eigenvalue weighted by Gasteiger charge is -2.11. The predicted octanol–water partition coefficient (Wildman–Crippen LogP) is 4.11. The van der Waals surface area contributed by atoms with Gasteiger partial charge in [-0.3, -0.25) is 9.59 Å². The number of amides is 2. The van der Waals surface area contributed by atoms with Crippen LogP contribution in [0, 0.1) is 5.82 Å². The monoisotopic (exact) mass is 368 g/mol. The van der Waals surface area contributed by atoms with Crippen LogP contribution in [0.3, 0.4) is 0 Å². The molecular weight excluding hydrogens is 351 g/mol. The van der Waals surface area contributed by atoms with E-state index in [2.05, 4.69) is 10.6 Å². The summed E-state index contributed by atoms with van der Waals surface area (Å²) in [5, 5.41) is 7.40. The second kappa shape index (κ2) is 8.40. The summed E-state index contributed by atoms with van der Waals surface area (Å²) in [6.07, 6.45) is 0.521. The average molecular weight is 368 g/mol. The fourth-order valence-corrected chi connectivity index (χ4v) is 3.11. The van der Waals surface area contributed by atoms with Crippen molar-refractivity contribution in [3.05, 3.63) is 87.9 Å². The fraction of sp³-hybridized carbons (Fsp3) is 0.100. The Morgan fingerprint density at radius 2 is 1.81 bits per heavy atom. The summed E-state index contributed by atoms with van der Waals surface area (Å²) in [6, 6.07) is 16.6. The van der Waals surface area contributed by atoms with E-state index >= 15 is 0 Å². The molecule has 0 atom stereocenters. The predicted molar refractivity (Wildman–Crippen MR) is 101 cm³/mol. The molecule has 1 aromatic heterocycles. The highest BCUT2D eigenvalue weighted by Crippen LogP contribution is 2.18. The Kier molecular flexibility index (Phi) is 5.76. The lowest BCUT2D eigenvalue weighted by Crippen LogP contribution is -2.27. The van der Waals surface area contributed by atoms with Gasteiger partial charge in [-0.2, -0.15) is 0 Å². The topological polar surface area (TPSA) is 58.2 Å². The molecule has 0 radical (unpaired) electrons. The van der Waals surface area contributed by atoms with Crippen LogP contribution in [0.15, 0.2) is 66.0 Å². The van der Waals surface area contributed by atoms with E-state index in [-0.39, 0.29) is 17.6 Å². The fourth-order valence-electron chi connectivity index (χ4n) is 2.49. The van der Waals surface area contributed by atoms with Gasteiger partial charge in [0.2, 0.25) is 0 Å². The molecular formula is C20H17FN2O2S. The van der Waals surface area contributed by atoms with Gasteiger partial charge in [0.25, 0.3) is 11.8 Å². The Balaban J connectivity index is 1.63. The molecule has 0 saturated heterocycles. The van der Waals surface area contributed by atoms with E-state index in [1.165, 1.54) is 23.5 Å². The van der Waals surface area contributed by atoms with Crippen molar-refractivity contribution in [1.82, 2.24) is 5.32 Å². The molecule has 0 aliphatic heterocycles. The van der Waals surface area contributed by atoms with Gasteiger partial charge in [0.05, 0.1) is 16.1 Å². The number of carbonyl (C=O) groups excluding carboxylic acids is 2. The maximum atomic E-state index is 13.2. The Hall–Kier alpha value is -2.99. The Labute approximate surface area is 154 Å². The normalized spacial score (nSPS) is 10.3. The largest absolute Gasteiger partial charge is 0.352 e. The third kappa shape index (κ3) is 4.55. The number of thiophene rings is 1. The van der Waals surface area contributed by atoms with E-state index in [1.54, 1.807) is 42.5 Å². The molecule has 26 heavy (non-hydrogen) atoms. The number of hydrogen-bond donors (Lipinski definition) is 2. The lowest BCUT2D eigenvalue weighted by molar-refractivity contribution is 0.0955. The first kappa shape index (κ1) is 17.8. The van der Waals surface area contributed by atoms with Crippen LogP contribution in [-0.2, 0) is 6.42 Å². The van der Waals surface area contributed by atoms with Gasteiger partial charge in [0.1, 0.15) is 5.82 Å². The zero-order valence-electron chi connectivity index (χ0n) is 13.9. The first-order chi connectivity index (χ1) is 12.6. The summed E-state index contributed by atoms with van der Waals surface area (Å²) < 4.78 is 13.2. The molecule has 0 fully saturated rings. The van der Waals surface area contributed by atoms with E-state index in [1.807, 2.05) is 11.4 Å². The van der Waals surface area contributed by atoms with Crippen molar-refractivity contribution in [1.29, 1.82) is 0 Å². The van der Waals surface area contributed by atoms with Crippen molar-refractivity contribution in [3.8, 4) is 0 Å². The molecule has 0 bridgehead atoms. The van der Waals surface area contributed by atoms with Gasteiger partial charge in [-0.15, -0.1) is 11.3 Å². The average Bonchev–Trinajstić information content (AvgIpc) is 3.17. The van der Waals surface area contributed by atoms with E-state index in [0.717, 1.165) is 5.56 Å². The van der Waals surface area contributed by atoms with Gasteiger partial charge in [0, 0.05) is 6.54 Å². The quantitative estimate of drug-likeness (QED) is 0.688. The van der Waals surface area contributed by atoms with Gasteiger partial charge in [-0.1, -0.05) is 30.3 Å². The summed E-state index contributed by atoms with van der Waals surface area (Å²) in [6.45, 7) is 0.371. The number of benzene rings is 2. The van der Waals surface area contributed by atoms with E-state index in [0.29, 0.717) is 29.1 Å². The highest BCUT2D eigenvalue weighted by atomic mass is 32.1. The number of carbonyl (C=O) groups is 2. The second-order valence-corrected chi connectivity index (χ2v) is 6.56. The minimum Gasteiger partial charge on any atom is -0.352 e. The van der Waals surface area contributed by atoms with Gasteiger partial charge in [-0.25, -0.2) is 4.39 Å². The molecule has 1 heterocycles. The van der Waals surface area contributed by atoms with Crippen molar-refractivity contribution < 1.29 is 14.0 Å². The number of hydrogen-bond acceptors (Lipinski definition) is 3. The van der Waals surface area contributed by atoms with Crippen LogP contribution in [0.1, 0.15) is 25.6 Å². The summed E-state index contributed by atoms with van der Waals surface area (Å²) in [5.74, 6) is -0.834.